The van der Waals surface area contributed by atoms with Gasteiger partial charge in [-0.25, -0.2) is 4.79 Å². The number of hydrogen-bond donors (Lipinski definition) is 0. The van der Waals surface area contributed by atoms with Crippen molar-refractivity contribution in [2.24, 2.45) is 0 Å². The van der Waals surface area contributed by atoms with Crippen molar-refractivity contribution in [3.05, 3.63) is 70.4 Å². The number of rotatable bonds is 4. The predicted molar refractivity (Wildman–Crippen MR) is 105 cm³/mol. The first-order valence-corrected chi connectivity index (χ1v) is 12.1. The maximum Gasteiger partial charge on any atom is 0.337 e. The molecule has 26 heavy (non-hydrogen) atoms. The molecule has 1 atom stereocenters. The molecule has 0 aliphatic carbocycles. The van der Waals surface area contributed by atoms with E-state index in [0.29, 0.717) is 11.3 Å². The van der Waals surface area contributed by atoms with Crippen LogP contribution in [0.15, 0.2) is 53.7 Å². The summed E-state index contributed by atoms with van der Waals surface area (Å²) in [5, 5.41) is 1.12. The number of methoxy groups -OCH3 is 2. The first kappa shape index (κ1) is 18.4. The first-order chi connectivity index (χ1) is 12.3. The molecule has 0 spiro atoms. The Labute approximate surface area is 155 Å². The van der Waals surface area contributed by atoms with Crippen molar-refractivity contribution >= 4 is 20.1 Å². The summed E-state index contributed by atoms with van der Waals surface area (Å²) >= 11 is 0. The van der Waals surface area contributed by atoms with Gasteiger partial charge in [0.15, 0.2) is 0 Å². The molecule has 1 aliphatic rings. The van der Waals surface area contributed by atoms with E-state index >= 15 is 0 Å². The highest BCUT2D eigenvalue weighted by molar-refractivity contribution is 6.84. The SMILES string of the molecule is COC(=O)c1ccc2c(c1)C=C([Si](C)(C)C)C(OC)(c1ccccc1)O2. The summed E-state index contributed by atoms with van der Waals surface area (Å²) < 4.78 is 17.3. The summed E-state index contributed by atoms with van der Waals surface area (Å²) in [4.78, 5) is 11.9. The third-order valence-corrected chi connectivity index (χ3v) is 6.68. The Bertz CT molecular complexity index is 852. The van der Waals surface area contributed by atoms with E-state index in [1.807, 2.05) is 36.4 Å². The lowest BCUT2D eigenvalue weighted by molar-refractivity contribution is -0.138. The molecule has 1 heterocycles. The lowest BCUT2D eigenvalue weighted by atomic mass is 9.99. The van der Waals surface area contributed by atoms with Gasteiger partial charge in [0.1, 0.15) is 5.75 Å². The predicted octanol–water partition coefficient (Wildman–Crippen LogP) is 4.63. The molecule has 0 radical (unpaired) electrons. The molecule has 0 aromatic heterocycles. The van der Waals surface area contributed by atoms with E-state index in [1.54, 1.807) is 19.2 Å². The van der Waals surface area contributed by atoms with E-state index in [9.17, 15) is 4.79 Å². The Balaban J connectivity index is 2.21. The second-order valence-corrected chi connectivity index (χ2v) is 12.4. The number of ether oxygens (including phenoxy) is 3. The van der Waals surface area contributed by atoms with Gasteiger partial charge < -0.3 is 14.2 Å². The van der Waals surface area contributed by atoms with Crippen molar-refractivity contribution in [2.45, 2.75) is 25.4 Å². The van der Waals surface area contributed by atoms with Crippen LogP contribution in [0.1, 0.15) is 21.5 Å². The van der Waals surface area contributed by atoms with Crippen LogP contribution >= 0.6 is 0 Å². The van der Waals surface area contributed by atoms with E-state index in [0.717, 1.165) is 16.3 Å². The zero-order chi connectivity index (χ0) is 18.9. The highest BCUT2D eigenvalue weighted by Crippen LogP contribution is 2.46. The summed E-state index contributed by atoms with van der Waals surface area (Å²) in [6, 6.07) is 15.3. The van der Waals surface area contributed by atoms with Crippen molar-refractivity contribution in [1.82, 2.24) is 0 Å². The van der Waals surface area contributed by atoms with E-state index in [2.05, 4.69) is 25.7 Å². The number of carbonyl (C=O) groups is 1. The van der Waals surface area contributed by atoms with Crippen LogP contribution in [0.5, 0.6) is 5.75 Å². The average Bonchev–Trinajstić information content (AvgIpc) is 2.65. The molecule has 0 bridgehead atoms. The van der Waals surface area contributed by atoms with Gasteiger partial charge in [-0.15, -0.1) is 0 Å². The zero-order valence-corrected chi connectivity index (χ0v) is 16.8. The summed E-state index contributed by atoms with van der Waals surface area (Å²) in [5.41, 5.74) is 2.33. The van der Waals surface area contributed by atoms with Crippen molar-refractivity contribution < 1.29 is 19.0 Å². The van der Waals surface area contributed by atoms with Gasteiger partial charge in [-0.3, -0.25) is 0 Å². The second kappa shape index (κ2) is 6.74. The Morgan fingerprint density at radius 3 is 2.31 bits per heavy atom. The topological polar surface area (TPSA) is 44.8 Å². The third kappa shape index (κ3) is 3.08. The zero-order valence-electron chi connectivity index (χ0n) is 15.8. The third-order valence-electron chi connectivity index (χ3n) is 4.59. The molecular formula is C21H24O4Si. The van der Waals surface area contributed by atoms with Crippen LogP contribution in [0, 0.1) is 0 Å². The lowest BCUT2D eigenvalue weighted by Gasteiger charge is -2.43. The molecule has 3 rings (SSSR count). The fourth-order valence-corrected chi connectivity index (χ4v) is 5.18. The Morgan fingerprint density at radius 1 is 1.04 bits per heavy atom. The van der Waals surface area contributed by atoms with E-state index in [-0.39, 0.29) is 5.97 Å². The lowest BCUT2D eigenvalue weighted by Crippen LogP contribution is -2.47. The number of benzene rings is 2. The monoisotopic (exact) mass is 368 g/mol. The minimum atomic E-state index is -1.82. The minimum Gasteiger partial charge on any atom is -0.465 e. The van der Waals surface area contributed by atoms with Crippen LogP contribution in [-0.2, 0) is 15.3 Å². The molecule has 2 aromatic rings. The molecule has 0 saturated carbocycles. The van der Waals surface area contributed by atoms with E-state index in [1.165, 1.54) is 7.11 Å². The van der Waals surface area contributed by atoms with Gasteiger partial charge in [-0.2, -0.15) is 0 Å². The number of fused-ring (bicyclic) bond motifs is 1. The minimum absolute atomic E-state index is 0.359. The maximum absolute atomic E-state index is 11.9. The van der Waals surface area contributed by atoms with Crippen molar-refractivity contribution in [2.75, 3.05) is 14.2 Å². The first-order valence-electron chi connectivity index (χ1n) is 8.56. The van der Waals surface area contributed by atoms with Crippen LogP contribution in [-0.4, -0.2) is 28.3 Å². The fourth-order valence-electron chi connectivity index (χ4n) is 3.31. The van der Waals surface area contributed by atoms with Crippen LogP contribution in [0.4, 0.5) is 0 Å². The van der Waals surface area contributed by atoms with Crippen molar-refractivity contribution in [3.8, 4) is 5.75 Å². The van der Waals surface area contributed by atoms with Gasteiger partial charge in [-0.05, 0) is 29.5 Å². The van der Waals surface area contributed by atoms with Crippen LogP contribution in [0.2, 0.25) is 19.6 Å². The van der Waals surface area contributed by atoms with Crippen molar-refractivity contribution in [3.63, 3.8) is 0 Å². The number of esters is 1. The number of carbonyl (C=O) groups excluding carboxylic acids is 1. The number of hydrogen-bond acceptors (Lipinski definition) is 4. The van der Waals surface area contributed by atoms with Gasteiger partial charge in [0.05, 0.1) is 20.7 Å². The van der Waals surface area contributed by atoms with Gasteiger partial charge >= 0.3 is 5.97 Å². The molecule has 0 amide bonds. The quantitative estimate of drug-likeness (QED) is 0.583. The largest absolute Gasteiger partial charge is 0.465 e. The molecule has 0 fully saturated rings. The van der Waals surface area contributed by atoms with Crippen LogP contribution in [0.25, 0.3) is 6.08 Å². The average molecular weight is 369 g/mol. The molecule has 4 nitrogen and oxygen atoms in total. The molecule has 1 aliphatic heterocycles. The molecule has 5 heteroatoms. The van der Waals surface area contributed by atoms with Gasteiger partial charge in [0.2, 0.25) is 0 Å². The highest BCUT2D eigenvalue weighted by atomic mass is 28.3. The smallest absolute Gasteiger partial charge is 0.337 e. The van der Waals surface area contributed by atoms with Crippen LogP contribution in [0.3, 0.4) is 0 Å². The maximum atomic E-state index is 11.9. The fraction of sp³-hybridized carbons (Fsp3) is 0.286. The second-order valence-electron chi connectivity index (χ2n) is 7.34. The van der Waals surface area contributed by atoms with E-state index in [4.69, 9.17) is 14.2 Å². The molecule has 0 N–H and O–H groups in total. The molecule has 1 unspecified atom stereocenters. The normalized spacial score (nSPS) is 19.2. The summed E-state index contributed by atoms with van der Waals surface area (Å²) in [7, 11) is 1.24. The summed E-state index contributed by atoms with van der Waals surface area (Å²) in [5.74, 6) is -0.626. The van der Waals surface area contributed by atoms with Gasteiger partial charge in [0, 0.05) is 18.2 Å². The molecule has 0 saturated heterocycles. The summed E-state index contributed by atoms with van der Waals surface area (Å²) in [6.45, 7) is 6.77. The Hall–Kier alpha value is -2.37. The summed E-state index contributed by atoms with van der Waals surface area (Å²) in [6.07, 6.45) is 2.12. The Morgan fingerprint density at radius 2 is 1.73 bits per heavy atom. The molecule has 136 valence electrons. The van der Waals surface area contributed by atoms with E-state index < -0.39 is 13.9 Å². The van der Waals surface area contributed by atoms with Gasteiger partial charge in [0.25, 0.3) is 5.79 Å². The van der Waals surface area contributed by atoms with Crippen LogP contribution < -0.4 is 4.74 Å². The molecule has 2 aromatic carbocycles. The highest BCUT2D eigenvalue weighted by Gasteiger charge is 2.47. The standard InChI is InChI=1S/C21H24O4Si/c1-23-20(22)15-11-12-18-16(13-15)14-19(26(3,4)5)21(24-2,25-18)17-9-7-6-8-10-17/h6-14H,1-5H3. The Kier molecular flexibility index (Phi) is 4.77. The molecular weight excluding hydrogens is 344 g/mol. The van der Waals surface area contributed by atoms with Gasteiger partial charge in [-0.1, -0.05) is 50.0 Å². The van der Waals surface area contributed by atoms with Crippen molar-refractivity contribution in [1.29, 1.82) is 0 Å².